The van der Waals surface area contributed by atoms with Crippen molar-refractivity contribution in [2.24, 2.45) is 0 Å². The zero-order chi connectivity index (χ0) is 24.0. The summed E-state index contributed by atoms with van der Waals surface area (Å²) in [5, 5.41) is 9.15. The van der Waals surface area contributed by atoms with Crippen LogP contribution >= 0.6 is 0 Å². The fourth-order valence-electron chi connectivity index (χ4n) is 4.07. The molecule has 1 saturated heterocycles. The molecule has 1 aliphatic heterocycles. The van der Waals surface area contributed by atoms with Crippen LogP contribution in [-0.4, -0.2) is 49.1 Å². The van der Waals surface area contributed by atoms with Gasteiger partial charge in [0.15, 0.2) is 14.6 Å². The summed E-state index contributed by atoms with van der Waals surface area (Å²) in [6, 6.07) is 19.8. The van der Waals surface area contributed by atoms with E-state index in [0.29, 0.717) is 18.8 Å². The van der Waals surface area contributed by atoms with Crippen LogP contribution in [0.2, 0.25) is 0 Å². The largest absolute Gasteiger partial charge is 0.493 e. The summed E-state index contributed by atoms with van der Waals surface area (Å²) in [4.78, 5) is 16.7. The molecule has 0 unspecified atom stereocenters. The van der Waals surface area contributed by atoms with E-state index in [2.05, 4.69) is 11.1 Å². The Morgan fingerprint density at radius 3 is 2.50 bits per heavy atom. The normalized spacial score (nSPS) is 15.4. The number of amides is 1. The number of carbonyl (C=O) groups excluding carboxylic acids is 1. The third kappa shape index (κ3) is 4.82. The molecule has 9 heteroatoms. The number of carbonyl (C=O) groups is 1. The van der Waals surface area contributed by atoms with Gasteiger partial charge >= 0.3 is 0 Å². The van der Waals surface area contributed by atoms with Crippen molar-refractivity contribution < 1.29 is 27.9 Å². The number of hydrogen-bond donors (Lipinski definition) is 2. The highest BCUT2D eigenvalue weighted by molar-refractivity contribution is 7.93. The van der Waals surface area contributed by atoms with Crippen LogP contribution in [0, 0.1) is 0 Å². The third-order valence-corrected chi connectivity index (χ3v) is 8.53. The molecule has 0 spiro atoms. The Balaban J connectivity index is 1.42. The minimum atomic E-state index is -4.06. The SMILES string of the molecule is O=C(NO)C1(S(=O)(=O)c2ccc(OCCc3cccc(-c4ccccn4)c3)cc2)CCOCC1. The fraction of sp³-hybridized carbons (Fsp3) is 0.280. The van der Waals surface area contributed by atoms with Crippen molar-refractivity contribution in [3.63, 3.8) is 0 Å². The predicted octanol–water partition coefficient (Wildman–Crippen LogP) is 3.20. The fourth-order valence-corrected chi connectivity index (χ4v) is 6.01. The van der Waals surface area contributed by atoms with Crippen molar-refractivity contribution in [2.75, 3.05) is 19.8 Å². The lowest BCUT2D eigenvalue weighted by molar-refractivity contribution is -0.134. The number of hydroxylamine groups is 1. The maximum atomic E-state index is 13.3. The Kier molecular flexibility index (Phi) is 7.26. The van der Waals surface area contributed by atoms with Crippen LogP contribution in [0.5, 0.6) is 5.75 Å². The quantitative estimate of drug-likeness (QED) is 0.374. The van der Waals surface area contributed by atoms with Crippen molar-refractivity contribution in [1.29, 1.82) is 0 Å². The Morgan fingerprint density at radius 2 is 1.82 bits per heavy atom. The van der Waals surface area contributed by atoms with Crippen molar-refractivity contribution in [2.45, 2.75) is 28.9 Å². The first kappa shape index (κ1) is 23.9. The zero-order valence-electron chi connectivity index (χ0n) is 18.5. The van der Waals surface area contributed by atoms with Crippen LogP contribution in [0.25, 0.3) is 11.3 Å². The van der Waals surface area contributed by atoms with Gasteiger partial charge in [0.05, 0.1) is 17.2 Å². The van der Waals surface area contributed by atoms with E-state index < -0.39 is 20.5 Å². The molecule has 2 heterocycles. The Hall–Kier alpha value is -3.27. The number of hydrogen-bond acceptors (Lipinski definition) is 7. The van der Waals surface area contributed by atoms with Crippen LogP contribution in [0.3, 0.4) is 0 Å². The molecule has 1 aromatic heterocycles. The molecule has 4 rings (SSSR count). The molecule has 0 saturated carbocycles. The standard InChI is InChI=1S/C25H26N2O6S/c28-24(27-29)25(12-16-32-17-13-25)34(30,31)22-9-7-21(8-10-22)33-15-11-19-4-3-5-20(18-19)23-6-1-2-14-26-23/h1-10,14,18,29H,11-13,15-17H2,(H,27,28). The first-order valence-electron chi connectivity index (χ1n) is 11.0. The van der Waals surface area contributed by atoms with Gasteiger partial charge in [-0.25, -0.2) is 13.9 Å². The number of aromatic nitrogens is 1. The molecule has 8 nitrogen and oxygen atoms in total. The Labute approximate surface area is 198 Å². The number of pyridine rings is 1. The summed E-state index contributed by atoms with van der Waals surface area (Å²) < 4.78 is 35.9. The van der Waals surface area contributed by atoms with Crippen molar-refractivity contribution in [1.82, 2.24) is 10.5 Å². The molecule has 0 radical (unpaired) electrons. The van der Waals surface area contributed by atoms with Gasteiger partial charge in [-0.1, -0.05) is 24.3 Å². The molecule has 1 fully saturated rings. The van der Waals surface area contributed by atoms with E-state index >= 15 is 0 Å². The molecule has 0 atom stereocenters. The van der Waals surface area contributed by atoms with E-state index in [9.17, 15) is 13.2 Å². The van der Waals surface area contributed by atoms with Crippen molar-refractivity contribution in [3.05, 3.63) is 78.5 Å². The van der Waals surface area contributed by atoms with E-state index in [0.717, 1.165) is 16.8 Å². The maximum Gasteiger partial charge on any atom is 0.265 e. The lowest BCUT2D eigenvalue weighted by Crippen LogP contribution is -2.54. The summed E-state index contributed by atoms with van der Waals surface area (Å²) in [7, 11) is -4.06. The number of sulfone groups is 1. The number of nitrogens with zero attached hydrogens (tertiary/aromatic N) is 1. The highest BCUT2D eigenvalue weighted by atomic mass is 32.2. The predicted molar refractivity (Wildman–Crippen MR) is 125 cm³/mol. The highest BCUT2D eigenvalue weighted by Crippen LogP contribution is 2.35. The van der Waals surface area contributed by atoms with Crippen LogP contribution < -0.4 is 10.2 Å². The maximum absolute atomic E-state index is 13.3. The monoisotopic (exact) mass is 482 g/mol. The molecule has 0 aliphatic carbocycles. The van der Waals surface area contributed by atoms with Gasteiger partial charge in [0.25, 0.3) is 5.91 Å². The van der Waals surface area contributed by atoms with Gasteiger partial charge < -0.3 is 9.47 Å². The van der Waals surface area contributed by atoms with E-state index in [-0.39, 0.29) is 31.0 Å². The van der Waals surface area contributed by atoms with E-state index in [4.69, 9.17) is 14.7 Å². The number of benzene rings is 2. The lowest BCUT2D eigenvalue weighted by atomic mass is 9.98. The van der Waals surface area contributed by atoms with Gasteiger partial charge in [-0.05, 0) is 60.9 Å². The van der Waals surface area contributed by atoms with Crippen LogP contribution in [0.4, 0.5) is 0 Å². The van der Waals surface area contributed by atoms with Gasteiger partial charge in [0, 0.05) is 31.4 Å². The minimum Gasteiger partial charge on any atom is -0.493 e. The molecule has 0 bridgehead atoms. The van der Waals surface area contributed by atoms with Gasteiger partial charge in [-0.15, -0.1) is 0 Å². The molecule has 1 aliphatic rings. The van der Waals surface area contributed by atoms with Crippen molar-refractivity contribution in [3.8, 4) is 17.0 Å². The van der Waals surface area contributed by atoms with Gasteiger partial charge in [-0.2, -0.15) is 0 Å². The first-order chi connectivity index (χ1) is 16.5. The second-order valence-corrected chi connectivity index (χ2v) is 10.3. The smallest absolute Gasteiger partial charge is 0.265 e. The molecule has 178 valence electrons. The van der Waals surface area contributed by atoms with Gasteiger partial charge in [0.1, 0.15) is 5.75 Å². The summed E-state index contributed by atoms with van der Waals surface area (Å²) in [6.07, 6.45) is 2.37. The number of rotatable bonds is 8. The number of ether oxygens (including phenoxy) is 2. The van der Waals surface area contributed by atoms with Crippen LogP contribution in [0.15, 0.2) is 77.8 Å². The second-order valence-electron chi connectivity index (χ2n) is 8.04. The summed E-state index contributed by atoms with van der Waals surface area (Å²) in [5.74, 6) is -0.420. The summed E-state index contributed by atoms with van der Waals surface area (Å²) in [5.41, 5.74) is 4.55. The second kappa shape index (κ2) is 10.3. The van der Waals surface area contributed by atoms with Crippen LogP contribution in [0.1, 0.15) is 18.4 Å². The number of nitrogens with one attached hydrogen (secondary N) is 1. The molecular formula is C25H26N2O6S. The third-order valence-electron chi connectivity index (χ3n) is 6.01. The minimum absolute atomic E-state index is 0.00610. The average molecular weight is 483 g/mol. The van der Waals surface area contributed by atoms with E-state index in [1.807, 2.05) is 36.4 Å². The molecule has 2 N–H and O–H groups in total. The van der Waals surface area contributed by atoms with Crippen molar-refractivity contribution >= 4 is 15.7 Å². The molecule has 34 heavy (non-hydrogen) atoms. The molecule has 3 aromatic rings. The van der Waals surface area contributed by atoms with Crippen LogP contribution in [-0.2, 0) is 25.8 Å². The summed E-state index contributed by atoms with van der Waals surface area (Å²) in [6.45, 7) is 0.650. The molecule has 2 aromatic carbocycles. The molecular weight excluding hydrogens is 456 g/mol. The Bertz CT molecular complexity index is 1220. The first-order valence-corrected chi connectivity index (χ1v) is 12.4. The lowest BCUT2D eigenvalue weighted by Gasteiger charge is -2.34. The average Bonchev–Trinajstić information content (AvgIpc) is 2.89. The zero-order valence-corrected chi connectivity index (χ0v) is 19.3. The van der Waals surface area contributed by atoms with E-state index in [1.54, 1.807) is 18.3 Å². The highest BCUT2D eigenvalue weighted by Gasteiger charge is 2.52. The van der Waals surface area contributed by atoms with E-state index in [1.165, 1.54) is 17.6 Å². The molecule has 1 amide bonds. The van der Waals surface area contributed by atoms with Gasteiger partial charge in [-0.3, -0.25) is 15.0 Å². The van der Waals surface area contributed by atoms with Gasteiger partial charge in [0.2, 0.25) is 0 Å². The Morgan fingerprint density at radius 1 is 1.06 bits per heavy atom. The topological polar surface area (TPSA) is 115 Å². The summed E-state index contributed by atoms with van der Waals surface area (Å²) >= 11 is 0.